The largest absolute Gasteiger partial charge is 0.391 e. The zero-order valence-corrected chi connectivity index (χ0v) is 18.9. The molecule has 9 heteroatoms. The van der Waals surface area contributed by atoms with Crippen LogP contribution in [0.2, 0.25) is 0 Å². The highest BCUT2D eigenvalue weighted by Crippen LogP contribution is 2.50. The fourth-order valence-corrected chi connectivity index (χ4v) is 4.62. The minimum absolute atomic E-state index is 0.0473. The Balaban J connectivity index is 1.50. The van der Waals surface area contributed by atoms with Crippen molar-refractivity contribution in [3.8, 4) is 0 Å². The van der Waals surface area contributed by atoms with Crippen LogP contribution < -0.4 is 4.90 Å². The number of hydrogen-bond donors (Lipinski definition) is 0. The number of nitrogens with zero attached hydrogens (tertiary/aromatic N) is 5. The second-order valence-electron chi connectivity index (χ2n) is 9.07. The van der Waals surface area contributed by atoms with Gasteiger partial charge in [0.05, 0.1) is 35.1 Å². The second kappa shape index (κ2) is 8.20. The minimum atomic E-state index is -4.16. The van der Waals surface area contributed by atoms with Gasteiger partial charge in [0.1, 0.15) is 17.4 Å². The third kappa shape index (κ3) is 4.26. The fraction of sp³-hybridized carbons (Fsp3) is 0.500. The maximum Gasteiger partial charge on any atom is 0.391 e. The smallest absolute Gasteiger partial charge is 0.370 e. The first kappa shape index (κ1) is 22.0. The molecule has 4 heterocycles. The van der Waals surface area contributed by atoms with Gasteiger partial charge in [0.2, 0.25) is 0 Å². The summed E-state index contributed by atoms with van der Waals surface area (Å²) in [5.74, 6) is -0.829. The summed E-state index contributed by atoms with van der Waals surface area (Å²) in [6.45, 7) is 7.46. The molecule has 0 aromatic carbocycles. The lowest BCUT2D eigenvalue weighted by Crippen LogP contribution is -2.39. The van der Waals surface area contributed by atoms with Gasteiger partial charge in [-0.05, 0) is 51.3 Å². The van der Waals surface area contributed by atoms with E-state index in [1.807, 2.05) is 39.0 Å². The number of hydrogen-bond acceptors (Lipinski definition) is 6. The monoisotopic (exact) mass is 457 g/mol. The Bertz CT molecular complexity index is 1190. The van der Waals surface area contributed by atoms with Gasteiger partial charge < -0.3 is 9.64 Å². The van der Waals surface area contributed by atoms with E-state index in [0.717, 1.165) is 22.6 Å². The van der Waals surface area contributed by atoms with Gasteiger partial charge in [-0.15, -0.1) is 0 Å². The van der Waals surface area contributed by atoms with Crippen LogP contribution in [0.1, 0.15) is 53.2 Å². The molecule has 1 atom stereocenters. The number of aromatic nitrogens is 4. The molecule has 1 aliphatic carbocycles. The molecule has 2 fully saturated rings. The van der Waals surface area contributed by atoms with Crippen molar-refractivity contribution in [3.63, 3.8) is 0 Å². The highest BCUT2D eigenvalue weighted by atomic mass is 19.4. The molecule has 1 saturated heterocycles. The molecule has 3 aromatic heterocycles. The summed E-state index contributed by atoms with van der Waals surface area (Å²) >= 11 is 0. The molecule has 6 nitrogen and oxygen atoms in total. The normalized spacial score (nSPS) is 23.6. The van der Waals surface area contributed by atoms with E-state index in [4.69, 9.17) is 14.7 Å². The van der Waals surface area contributed by atoms with Crippen LogP contribution >= 0.6 is 0 Å². The number of alkyl halides is 3. The molecule has 0 amide bonds. The molecule has 33 heavy (non-hydrogen) atoms. The van der Waals surface area contributed by atoms with Crippen molar-refractivity contribution in [2.45, 2.75) is 51.8 Å². The Labute approximate surface area is 190 Å². The van der Waals surface area contributed by atoms with Gasteiger partial charge in [-0.2, -0.15) is 13.2 Å². The predicted octanol–water partition coefficient (Wildman–Crippen LogP) is 4.98. The molecule has 1 saturated carbocycles. The lowest BCUT2D eigenvalue weighted by Gasteiger charge is -2.38. The minimum Gasteiger partial charge on any atom is -0.370 e. The molecule has 0 N–H and O–H groups in total. The summed E-state index contributed by atoms with van der Waals surface area (Å²) in [7, 11) is 0. The first-order chi connectivity index (χ1) is 15.7. The van der Waals surface area contributed by atoms with E-state index < -0.39 is 12.1 Å². The number of fused-ring (bicyclic) bond motifs is 1. The van der Waals surface area contributed by atoms with Gasteiger partial charge in [-0.25, -0.2) is 15.0 Å². The Hall–Kier alpha value is -2.81. The van der Waals surface area contributed by atoms with E-state index in [1.54, 1.807) is 6.20 Å². The first-order valence-electron chi connectivity index (χ1n) is 11.2. The Morgan fingerprint density at radius 3 is 2.52 bits per heavy atom. The van der Waals surface area contributed by atoms with Crippen LogP contribution in [-0.2, 0) is 4.74 Å². The molecule has 0 spiro atoms. The molecule has 2 aliphatic rings. The molecule has 0 bridgehead atoms. The van der Waals surface area contributed by atoms with Crippen LogP contribution in [0.25, 0.3) is 11.0 Å². The highest BCUT2D eigenvalue weighted by Gasteiger charge is 2.49. The van der Waals surface area contributed by atoms with Gasteiger partial charge in [0.15, 0.2) is 0 Å². The molecular weight excluding hydrogens is 431 g/mol. The number of rotatable bonds is 3. The van der Waals surface area contributed by atoms with Gasteiger partial charge in [0.25, 0.3) is 0 Å². The number of aryl methyl sites for hydroxylation is 3. The number of anilines is 1. The van der Waals surface area contributed by atoms with Crippen LogP contribution in [0.15, 0.2) is 24.4 Å². The summed E-state index contributed by atoms with van der Waals surface area (Å²) in [4.78, 5) is 20.6. The van der Waals surface area contributed by atoms with E-state index >= 15 is 0 Å². The van der Waals surface area contributed by atoms with Gasteiger partial charge >= 0.3 is 6.18 Å². The Kier molecular flexibility index (Phi) is 5.47. The van der Waals surface area contributed by atoms with E-state index in [2.05, 4.69) is 14.9 Å². The van der Waals surface area contributed by atoms with E-state index in [-0.39, 0.29) is 24.9 Å². The first-order valence-corrected chi connectivity index (χ1v) is 11.2. The van der Waals surface area contributed by atoms with Crippen LogP contribution in [0.3, 0.4) is 0 Å². The van der Waals surface area contributed by atoms with Crippen molar-refractivity contribution in [1.82, 2.24) is 19.9 Å². The summed E-state index contributed by atoms with van der Waals surface area (Å²) < 4.78 is 45.4. The topological polar surface area (TPSA) is 64.0 Å². The third-order valence-electron chi connectivity index (χ3n) is 6.75. The molecule has 174 valence electrons. The quantitative estimate of drug-likeness (QED) is 0.553. The molecular formula is C24H26F3N5O. The summed E-state index contributed by atoms with van der Waals surface area (Å²) in [5, 5.41) is 0. The van der Waals surface area contributed by atoms with Crippen molar-refractivity contribution >= 4 is 16.9 Å². The van der Waals surface area contributed by atoms with Crippen molar-refractivity contribution < 1.29 is 17.9 Å². The predicted molar refractivity (Wildman–Crippen MR) is 118 cm³/mol. The molecule has 3 aromatic rings. The number of ether oxygens (including phenoxy) is 1. The standard InChI is InChI=1S/C24H26F3N5O/c1-13-8-16(4-5-28-13)20-12-32(6-7-33-20)21-11-19-23(30-15(3)14(2)29-19)22(31-21)17-9-18(10-17)24(25,26)27/h4-5,8,11,17-18,20H,6-7,9-10,12H2,1-3H3/t17-,18-,20-/m1/s1. The molecule has 0 unspecified atom stereocenters. The molecule has 5 rings (SSSR count). The van der Waals surface area contributed by atoms with Crippen LogP contribution in [0, 0.1) is 26.7 Å². The molecule has 0 radical (unpaired) electrons. The second-order valence-corrected chi connectivity index (χ2v) is 9.07. The van der Waals surface area contributed by atoms with Gasteiger partial charge in [-0.1, -0.05) is 0 Å². The van der Waals surface area contributed by atoms with Crippen molar-refractivity contribution in [2.75, 3.05) is 24.6 Å². The van der Waals surface area contributed by atoms with Crippen molar-refractivity contribution in [3.05, 3.63) is 52.7 Å². The third-order valence-corrected chi connectivity index (χ3v) is 6.75. The fourth-order valence-electron chi connectivity index (χ4n) is 4.62. The highest BCUT2D eigenvalue weighted by molar-refractivity contribution is 5.80. The number of pyridine rings is 2. The zero-order valence-electron chi connectivity index (χ0n) is 18.9. The Morgan fingerprint density at radius 1 is 1.03 bits per heavy atom. The lowest BCUT2D eigenvalue weighted by molar-refractivity contribution is -0.197. The maximum atomic E-state index is 13.1. The van der Waals surface area contributed by atoms with E-state index in [0.29, 0.717) is 42.2 Å². The van der Waals surface area contributed by atoms with Crippen LogP contribution in [-0.4, -0.2) is 45.8 Å². The molecule has 1 aliphatic heterocycles. The average Bonchev–Trinajstić information content (AvgIpc) is 2.73. The summed E-state index contributed by atoms with van der Waals surface area (Å²) in [6.07, 6.45) is -2.43. The van der Waals surface area contributed by atoms with Crippen molar-refractivity contribution in [2.24, 2.45) is 5.92 Å². The zero-order chi connectivity index (χ0) is 23.3. The van der Waals surface area contributed by atoms with Gasteiger partial charge in [-0.3, -0.25) is 4.98 Å². The summed E-state index contributed by atoms with van der Waals surface area (Å²) in [5.41, 5.74) is 5.46. The number of halogens is 3. The van der Waals surface area contributed by atoms with Crippen molar-refractivity contribution in [1.29, 1.82) is 0 Å². The average molecular weight is 458 g/mol. The van der Waals surface area contributed by atoms with E-state index in [1.165, 1.54) is 0 Å². The van der Waals surface area contributed by atoms with E-state index in [9.17, 15) is 13.2 Å². The Morgan fingerprint density at radius 2 is 1.79 bits per heavy atom. The SMILES string of the molecule is Cc1cc([C@H]2CN(c3cc4nc(C)c(C)nc4c([C@H]4C[C@H](C(F)(F)F)C4)n3)CCO2)ccn1. The number of morpholine rings is 1. The summed E-state index contributed by atoms with van der Waals surface area (Å²) in [6, 6.07) is 5.86. The van der Waals surface area contributed by atoms with Gasteiger partial charge in [0, 0.05) is 37.0 Å². The maximum absolute atomic E-state index is 13.1. The van der Waals surface area contributed by atoms with Crippen LogP contribution in [0.4, 0.5) is 19.0 Å². The van der Waals surface area contributed by atoms with Crippen LogP contribution in [0.5, 0.6) is 0 Å². The lowest BCUT2D eigenvalue weighted by atomic mass is 9.72.